The standard InChI is InChI=1S/C27H39N3O4/c1-5-11-27(29-32)28-25(18-22-12-9-8-10-13-22)26(31)20-30(19-21(6-2)7-3)34-24-16-14-23(33-4)15-17-24/h8-17,21,25-26,28,31H,5-7,18-20H2,1-4H3/b27-11-. The SMILES string of the molecule is CC/C=C(\N=O)NC(Cc1ccccc1)C(O)CN(CC(CC)CC)Oc1ccc(OC)cc1. The van der Waals surface area contributed by atoms with Crippen molar-refractivity contribution < 1.29 is 14.7 Å². The zero-order valence-electron chi connectivity index (χ0n) is 20.8. The molecule has 7 nitrogen and oxygen atoms in total. The van der Waals surface area contributed by atoms with E-state index in [1.165, 1.54) is 0 Å². The van der Waals surface area contributed by atoms with Crippen LogP contribution in [0.4, 0.5) is 0 Å². The van der Waals surface area contributed by atoms with Crippen LogP contribution in [0.2, 0.25) is 0 Å². The Morgan fingerprint density at radius 2 is 1.68 bits per heavy atom. The predicted octanol–water partition coefficient (Wildman–Crippen LogP) is 5.31. The second-order valence-electron chi connectivity index (χ2n) is 8.39. The van der Waals surface area contributed by atoms with Crippen LogP contribution in [0.5, 0.6) is 11.5 Å². The number of aliphatic hydroxyl groups excluding tert-OH is 1. The summed E-state index contributed by atoms with van der Waals surface area (Å²) in [6.45, 7) is 7.21. The number of allylic oxidation sites excluding steroid dienone is 1. The molecule has 0 aliphatic heterocycles. The first-order valence-corrected chi connectivity index (χ1v) is 12.1. The average Bonchev–Trinajstić information content (AvgIpc) is 2.87. The van der Waals surface area contributed by atoms with Crippen molar-refractivity contribution in [2.45, 2.75) is 58.6 Å². The molecule has 7 heteroatoms. The van der Waals surface area contributed by atoms with Gasteiger partial charge >= 0.3 is 0 Å². The summed E-state index contributed by atoms with van der Waals surface area (Å²) in [6, 6.07) is 16.9. The zero-order valence-corrected chi connectivity index (χ0v) is 20.8. The van der Waals surface area contributed by atoms with Crippen molar-refractivity contribution in [2.24, 2.45) is 11.1 Å². The van der Waals surface area contributed by atoms with Crippen molar-refractivity contribution in [3.63, 3.8) is 0 Å². The Morgan fingerprint density at radius 1 is 1.03 bits per heavy atom. The number of hydrogen-bond donors (Lipinski definition) is 2. The van der Waals surface area contributed by atoms with Gasteiger partial charge in [-0.2, -0.15) is 0 Å². The van der Waals surface area contributed by atoms with E-state index in [-0.39, 0.29) is 12.4 Å². The Labute approximate surface area is 203 Å². The predicted molar refractivity (Wildman–Crippen MR) is 137 cm³/mol. The molecule has 186 valence electrons. The van der Waals surface area contributed by atoms with Gasteiger partial charge in [-0.25, -0.2) is 0 Å². The summed E-state index contributed by atoms with van der Waals surface area (Å²) < 4.78 is 5.24. The summed E-state index contributed by atoms with van der Waals surface area (Å²) in [5, 5.41) is 19.4. The van der Waals surface area contributed by atoms with Gasteiger partial charge in [0.05, 0.1) is 25.8 Å². The largest absolute Gasteiger partial charge is 0.497 e. The molecule has 0 radical (unpaired) electrons. The molecular weight excluding hydrogens is 430 g/mol. The van der Waals surface area contributed by atoms with Crippen LogP contribution in [0.1, 0.15) is 45.6 Å². The smallest absolute Gasteiger partial charge is 0.166 e. The summed E-state index contributed by atoms with van der Waals surface area (Å²) in [6.07, 6.45) is 4.16. The quantitative estimate of drug-likeness (QED) is 0.256. The van der Waals surface area contributed by atoms with Gasteiger partial charge in [-0.1, -0.05) is 63.9 Å². The fourth-order valence-corrected chi connectivity index (χ4v) is 3.76. The highest BCUT2D eigenvalue weighted by Gasteiger charge is 2.25. The third-order valence-electron chi connectivity index (χ3n) is 5.89. The van der Waals surface area contributed by atoms with Crippen LogP contribution in [0.15, 0.2) is 71.7 Å². The molecule has 34 heavy (non-hydrogen) atoms. The molecule has 0 heterocycles. The summed E-state index contributed by atoms with van der Waals surface area (Å²) in [5.74, 6) is 2.10. The molecular formula is C27H39N3O4. The van der Waals surface area contributed by atoms with Crippen LogP contribution >= 0.6 is 0 Å². The van der Waals surface area contributed by atoms with Crippen LogP contribution in [0, 0.1) is 10.8 Å². The molecule has 0 saturated carbocycles. The topological polar surface area (TPSA) is 83.4 Å². The number of hydrogen-bond acceptors (Lipinski definition) is 7. The maximum Gasteiger partial charge on any atom is 0.166 e. The lowest BCUT2D eigenvalue weighted by molar-refractivity contribution is -0.0990. The first-order chi connectivity index (χ1) is 16.5. The summed E-state index contributed by atoms with van der Waals surface area (Å²) in [5.41, 5.74) is 1.06. The Bertz CT molecular complexity index is 854. The van der Waals surface area contributed by atoms with E-state index in [4.69, 9.17) is 9.57 Å². The summed E-state index contributed by atoms with van der Waals surface area (Å²) in [7, 11) is 1.63. The number of methoxy groups -OCH3 is 1. The molecule has 0 aromatic heterocycles. The molecule has 2 aromatic carbocycles. The molecule has 0 bridgehead atoms. The Morgan fingerprint density at radius 3 is 2.24 bits per heavy atom. The maximum absolute atomic E-state index is 11.3. The van der Waals surface area contributed by atoms with Gasteiger partial charge in [-0.3, -0.25) is 0 Å². The van der Waals surface area contributed by atoms with Crippen molar-refractivity contribution in [1.29, 1.82) is 0 Å². The van der Waals surface area contributed by atoms with Gasteiger partial charge in [0.2, 0.25) is 0 Å². The monoisotopic (exact) mass is 469 g/mol. The van der Waals surface area contributed by atoms with E-state index in [0.29, 0.717) is 31.1 Å². The van der Waals surface area contributed by atoms with Crippen LogP contribution < -0.4 is 14.9 Å². The minimum Gasteiger partial charge on any atom is -0.497 e. The first-order valence-electron chi connectivity index (χ1n) is 12.1. The molecule has 0 amide bonds. The average molecular weight is 470 g/mol. The maximum atomic E-state index is 11.3. The third kappa shape index (κ3) is 9.15. The van der Waals surface area contributed by atoms with Gasteiger partial charge in [-0.05, 0) is 59.8 Å². The second-order valence-corrected chi connectivity index (χ2v) is 8.39. The van der Waals surface area contributed by atoms with E-state index >= 15 is 0 Å². The highest BCUT2D eigenvalue weighted by molar-refractivity contribution is 5.31. The number of hydroxylamine groups is 2. The van der Waals surface area contributed by atoms with Crippen LogP contribution in [-0.4, -0.2) is 42.5 Å². The molecule has 2 aromatic rings. The molecule has 2 N–H and O–H groups in total. The molecule has 2 unspecified atom stereocenters. The van der Waals surface area contributed by atoms with Gasteiger partial charge < -0.3 is 20.0 Å². The Hall–Kier alpha value is -2.90. The molecule has 0 aliphatic carbocycles. The zero-order chi connectivity index (χ0) is 24.8. The van der Waals surface area contributed by atoms with E-state index in [1.807, 2.05) is 66.6 Å². The van der Waals surface area contributed by atoms with Crippen LogP contribution in [0.25, 0.3) is 0 Å². The number of benzene rings is 2. The van der Waals surface area contributed by atoms with Crippen molar-refractivity contribution in [1.82, 2.24) is 10.4 Å². The lowest BCUT2D eigenvalue weighted by Gasteiger charge is -2.31. The number of ether oxygens (including phenoxy) is 1. The van der Waals surface area contributed by atoms with Crippen LogP contribution in [-0.2, 0) is 6.42 Å². The van der Waals surface area contributed by atoms with Crippen molar-refractivity contribution in [2.75, 3.05) is 20.2 Å². The molecule has 2 atom stereocenters. The van der Waals surface area contributed by atoms with Gasteiger partial charge in [0.25, 0.3) is 0 Å². The number of aliphatic hydroxyl groups is 1. The number of rotatable bonds is 16. The number of nitrogens with one attached hydrogen (secondary N) is 1. The van der Waals surface area contributed by atoms with E-state index in [0.717, 1.165) is 24.2 Å². The van der Waals surface area contributed by atoms with Crippen LogP contribution in [0.3, 0.4) is 0 Å². The Kier molecular flexibility index (Phi) is 12.1. The van der Waals surface area contributed by atoms with E-state index in [2.05, 4.69) is 24.3 Å². The first kappa shape index (κ1) is 27.3. The number of nitroso groups, excluding NO2 is 1. The van der Waals surface area contributed by atoms with Crippen molar-refractivity contribution in [3.05, 3.63) is 77.0 Å². The minimum atomic E-state index is -0.810. The van der Waals surface area contributed by atoms with Gasteiger partial charge in [0, 0.05) is 6.54 Å². The number of nitrogens with zero attached hydrogens (tertiary/aromatic N) is 2. The highest BCUT2D eigenvalue weighted by atomic mass is 16.7. The highest BCUT2D eigenvalue weighted by Crippen LogP contribution is 2.20. The fourth-order valence-electron chi connectivity index (χ4n) is 3.76. The van der Waals surface area contributed by atoms with Gasteiger partial charge in [-0.15, -0.1) is 9.97 Å². The summed E-state index contributed by atoms with van der Waals surface area (Å²) >= 11 is 0. The summed E-state index contributed by atoms with van der Waals surface area (Å²) in [4.78, 5) is 17.5. The Balaban J connectivity index is 2.22. The van der Waals surface area contributed by atoms with Gasteiger partial charge in [0.1, 0.15) is 11.5 Å². The van der Waals surface area contributed by atoms with E-state index in [9.17, 15) is 10.0 Å². The molecule has 0 fully saturated rings. The van der Waals surface area contributed by atoms with Crippen molar-refractivity contribution in [3.8, 4) is 11.5 Å². The third-order valence-corrected chi connectivity index (χ3v) is 5.89. The molecule has 2 rings (SSSR count). The minimum absolute atomic E-state index is 0.241. The fraction of sp³-hybridized carbons (Fsp3) is 0.481. The lowest BCUT2D eigenvalue weighted by Crippen LogP contribution is -2.48. The molecule has 0 spiro atoms. The molecule has 0 saturated heterocycles. The lowest BCUT2D eigenvalue weighted by atomic mass is 10.00. The van der Waals surface area contributed by atoms with E-state index < -0.39 is 12.1 Å². The second kappa shape index (κ2) is 15.1. The molecule has 0 aliphatic rings. The van der Waals surface area contributed by atoms with Crippen molar-refractivity contribution >= 4 is 0 Å². The van der Waals surface area contributed by atoms with Gasteiger partial charge in [0.15, 0.2) is 5.82 Å². The normalized spacial score (nSPS) is 13.6. The van der Waals surface area contributed by atoms with E-state index in [1.54, 1.807) is 13.2 Å².